The van der Waals surface area contributed by atoms with Crippen molar-refractivity contribution >= 4 is 34.4 Å². The largest absolute Gasteiger partial charge is 0.466 e. The fraction of sp³-hybridized carbons (Fsp3) is 0.200. The average Bonchev–Trinajstić information content (AvgIpc) is 3.05. The number of nitrogens with one attached hydrogen (secondary N) is 2. The van der Waals surface area contributed by atoms with Crippen LogP contribution in [0.5, 0.6) is 0 Å². The van der Waals surface area contributed by atoms with Gasteiger partial charge in [-0.1, -0.05) is 48.0 Å². The topological polar surface area (TPSA) is 71.2 Å². The van der Waals surface area contributed by atoms with E-state index >= 15 is 0 Å². The number of carbonyl (C=O) groups excluding carboxylic acids is 2. The van der Waals surface area contributed by atoms with Gasteiger partial charge in [0, 0.05) is 15.9 Å². The molecule has 0 aliphatic rings. The van der Waals surface area contributed by atoms with Crippen LogP contribution in [-0.4, -0.2) is 23.5 Å². The van der Waals surface area contributed by atoms with Gasteiger partial charge in [-0.2, -0.15) is 0 Å². The molecule has 2 aromatic carbocycles. The lowest BCUT2D eigenvalue weighted by atomic mass is 10.0. The maximum Gasteiger partial charge on any atom is 0.308 e. The quantitative estimate of drug-likeness (QED) is 0.637. The second-order valence-corrected chi connectivity index (χ2v) is 6.30. The number of aromatic nitrogens is 1. The third kappa shape index (κ3) is 4.24. The van der Waals surface area contributed by atoms with Gasteiger partial charge < -0.3 is 15.0 Å². The standard InChI is InChI=1S/C20H19ClN2O3/c1-2-26-19(24)12-17(13-6-4-3-5-7-13)23-20(25)18-10-14-8-9-15(21)11-16(14)22-18/h3-11,17,22H,2,12H2,1H3,(H,23,25). The minimum atomic E-state index is -0.474. The second-order valence-electron chi connectivity index (χ2n) is 5.86. The first-order valence-corrected chi connectivity index (χ1v) is 8.74. The van der Waals surface area contributed by atoms with Crippen molar-refractivity contribution in [2.75, 3.05) is 6.61 Å². The van der Waals surface area contributed by atoms with Crippen molar-refractivity contribution in [2.24, 2.45) is 0 Å². The number of rotatable bonds is 6. The highest BCUT2D eigenvalue weighted by atomic mass is 35.5. The van der Waals surface area contributed by atoms with Gasteiger partial charge in [-0.15, -0.1) is 0 Å². The molecule has 1 aromatic heterocycles. The lowest BCUT2D eigenvalue weighted by Crippen LogP contribution is -2.30. The molecule has 5 nitrogen and oxygen atoms in total. The molecule has 3 aromatic rings. The lowest BCUT2D eigenvalue weighted by molar-refractivity contribution is -0.143. The molecular formula is C20H19ClN2O3. The molecule has 6 heteroatoms. The number of ether oxygens (including phenoxy) is 1. The van der Waals surface area contributed by atoms with Gasteiger partial charge in [0.1, 0.15) is 5.69 Å². The number of hydrogen-bond acceptors (Lipinski definition) is 3. The summed E-state index contributed by atoms with van der Waals surface area (Å²) in [6.07, 6.45) is 0.0651. The lowest BCUT2D eigenvalue weighted by Gasteiger charge is -2.18. The molecule has 1 unspecified atom stereocenters. The van der Waals surface area contributed by atoms with Gasteiger partial charge in [0.2, 0.25) is 0 Å². The van der Waals surface area contributed by atoms with Crippen molar-refractivity contribution in [3.63, 3.8) is 0 Å². The number of H-pyrrole nitrogens is 1. The molecule has 0 radical (unpaired) electrons. The summed E-state index contributed by atoms with van der Waals surface area (Å²) < 4.78 is 5.03. The number of fused-ring (bicyclic) bond motifs is 1. The first-order chi connectivity index (χ1) is 12.6. The van der Waals surface area contributed by atoms with Crippen LogP contribution in [0.1, 0.15) is 35.4 Å². The molecule has 0 fully saturated rings. The summed E-state index contributed by atoms with van der Waals surface area (Å²) in [5, 5.41) is 4.39. The van der Waals surface area contributed by atoms with Crippen LogP contribution in [0, 0.1) is 0 Å². The Morgan fingerprint density at radius 2 is 1.92 bits per heavy atom. The van der Waals surface area contributed by atoms with Gasteiger partial charge in [0.15, 0.2) is 0 Å². The number of amides is 1. The summed E-state index contributed by atoms with van der Waals surface area (Å²) in [6, 6.07) is 16.0. The highest BCUT2D eigenvalue weighted by molar-refractivity contribution is 6.31. The van der Waals surface area contributed by atoms with Crippen molar-refractivity contribution in [2.45, 2.75) is 19.4 Å². The Kier molecular flexibility index (Phi) is 5.58. The Morgan fingerprint density at radius 3 is 2.65 bits per heavy atom. The van der Waals surface area contributed by atoms with Gasteiger partial charge in [0.25, 0.3) is 5.91 Å². The van der Waals surface area contributed by atoms with Crippen molar-refractivity contribution in [3.05, 3.63) is 70.9 Å². The van der Waals surface area contributed by atoms with E-state index in [1.54, 1.807) is 25.1 Å². The highest BCUT2D eigenvalue weighted by Crippen LogP contribution is 2.22. The molecule has 1 heterocycles. The molecule has 0 saturated heterocycles. The van der Waals surface area contributed by atoms with Crippen LogP contribution in [0.2, 0.25) is 5.02 Å². The monoisotopic (exact) mass is 370 g/mol. The third-order valence-corrected chi connectivity index (χ3v) is 4.25. The Bertz CT molecular complexity index is 921. The molecule has 0 bridgehead atoms. The van der Waals surface area contributed by atoms with Crippen LogP contribution in [0.4, 0.5) is 0 Å². The zero-order chi connectivity index (χ0) is 18.5. The Morgan fingerprint density at radius 1 is 1.15 bits per heavy atom. The van der Waals surface area contributed by atoms with Crippen molar-refractivity contribution in [3.8, 4) is 0 Å². The number of halogens is 1. The van der Waals surface area contributed by atoms with E-state index in [2.05, 4.69) is 10.3 Å². The molecular weight excluding hydrogens is 352 g/mol. The maximum absolute atomic E-state index is 12.7. The first kappa shape index (κ1) is 18.0. The summed E-state index contributed by atoms with van der Waals surface area (Å²) in [6.45, 7) is 2.06. The van der Waals surface area contributed by atoms with Gasteiger partial charge in [-0.25, -0.2) is 0 Å². The fourth-order valence-corrected chi connectivity index (χ4v) is 2.95. The number of benzene rings is 2. The van der Waals surface area contributed by atoms with E-state index in [-0.39, 0.29) is 18.3 Å². The average molecular weight is 371 g/mol. The minimum absolute atomic E-state index is 0.0651. The first-order valence-electron chi connectivity index (χ1n) is 8.36. The maximum atomic E-state index is 12.7. The van der Waals surface area contributed by atoms with E-state index in [0.29, 0.717) is 17.3 Å². The van der Waals surface area contributed by atoms with E-state index in [1.165, 1.54) is 0 Å². The third-order valence-electron chi connectivity index (χ3n) is 4.01. The van der Waals surface area contributed by atoms with E-state index in [9.17, 15) is 9.59 Å². The molecule has 3 rings (SSSR count). The smallest absolute Gasteiger partial charge is 0.308 e. The molecule has 0 spiro atoms. The zero-order valence-corrected chi connectivity index (χ0v) is 15.0. The normalized spacial score (nSPS) is 11.9. The SMILES string of the molecule is CCOC(=O)CC(NC(=O)c1cc2ccc(Cl)cc2[nH]1)c1ccccc1. The Hall–Kier alpha value is -2.79. The van der Waals surface area contributed by atoms with Crippen LogP contribution in [0.25, 0.3) is 10.9 Å². The number of esters is 1. The molecule has 0 aliphatic carbocycles. The van der Waals surface area contributed by atoms with Gasteiger partial charge in [-0.05, 0) is 30.7 Å². The van der Waals surface area contributed by atoms with Gasteiger partial charge in [-0.3, -0.25) is 9.59 Å². The summed E-state index contributed by atoms with van der Waals surface area (Å²) >= 11 is 5.99. The highest BCUT2D eigenvalue weighted by Gasteiger charge is 2.20. The van der Waals surface area contributed by atoms with E-state index < -0.39 is 6.04 Å². The number of carbonyl (C=O) groups is 2. The number of hydrogen-bond donors (Lipinski definition) is 2. The molecule has 0 saturated carbocycles. The summed E-state index contributed by atoms with van der Waals surface area (Å²) in [5.41, 5.74) is 2.03. The molecule has 1 amide bonds. The van der Waals surface area contributed by atoms with E-state index in [4.69, 9.17) is 16.3 Å². The van der Waals surface area contributed by atoms with Crippen molar-refractivity contribution < 1.29 is 14.3 Å². The zero-order valence-electron chi connectivity index (χ0n) is 14.3. The summed E-state index contributed by atoms with van der Waals surface area (Å²) in [5.74, 6) is -0.652. The molecule has 2 N–H and O–H groups in total. The fourth-order valence-electron chi connectivity index (χ4n) is 2.78. The summed E-state index contributed by atoms with van der Waals surface area (Å²) in [7, 11) is 0. The van der Waals surface area contributed by atoms with Gasteiger partial charge in [0.05, 0.1) is 19.1 Å². The van der Waals surface area contributed by atoms with E-state index in [1.807, 2.05) is 36.4 Å². The van der Waals surface area contributed by atoms with E-state index in [0.717, 1.165) is 16.5 Å². The van der Waals surface area contributed by atoms with Crippen molar-refractivity contribution in [1.29, 1.82) is 0 Å². The van der Waals surface area contributed by atoms with Crippen LogP contribution in [0.3, 0.4) is 0 Å². The molecule has 134 valence electrons. The minimum Gasteiger partial charge on any atom is -0.466 e. The van der Waals surface area contributed by atoms with Crippen LogP contribution in [0.15, 0.2) is 54.6 Å². The Labute approximate surface area is 156 Å². The Balaban J connectivity index is 1.82. The van der Waals surface area contributed by atoms with Crippen LogP contribution in [-0.2, 0) is 9.53 Å². The predicted molar refractivity (Wildman–Crippen MR) is 101 cm³/mol. The molecule has 26 heavy (non-hydrogen) atoms. The second kappa shape index (κ2) is 8.06. The molecule has 1 atom stereocenters. The van der Waals surface area contributed by atoms with Crippen molar-refractivity contribution in [1.82, 2.24) is 10.3 Å². The summed E-state index contributed by atoms with van der Waals surface area (Å²) in [4.78, 5) is 27.7. The predicted octanol–water partition coefficient (Wildman–Crippen LogP) is 4.25. The molecule has 0 aliphatic heterocycles. The van der Waals surface area contributed by atoms with Crippen LogP contribution >= 0.6 is 11.6 Å². The van der Waals surface area contributed by atoms with Gasteiger partial charge >= 0.3 is 5.97 Å². The number of aromatic amines is 1. The van der Waals surface area contributed by atoms with Crippen LogP contribution < -0.4 is 5.32 Å².